The maximum atomic E-state index is 16.9. The number of hydrogen-bond donors (Lipinski definition) is 4. The van der Waals surface area contributed by atoms with Gasteiger partial charge in [-0.3, -0.25) is 9.59 Å². The lowest BCUT2D eigenvalue weighted by molar-refractivity contribution is -0.136. The molecule has 1 unspecified atom stereocenters. The van der Waals surface area contributed by atoms with Crippen LogP contribution in [0.25, 0.3) is 44.7 Å². The number of carbonyl (C=O) groups excluding carboxylic acids is 4. The van der Waals surface area contributed by atoms with Gasteiger partial charge in [0.2, 0.25) is 18.0 Å². The van der Waals surface area contributed by atoms with E-state index in [2.05, 4.69) is 42.7 Å². The second-order valence-electron chi connectivity index (χ2n) is 19.0. The number of thiophene rings is 1. The van der Waals surface area contributed by atoms with Gasteiger partial charge < -0.3 is 49.2 Å². The van der Waals surface area contributed by atoms with Crippen molar-refractivity contribution in [2.24, 2.45) is 11.8 Å². The molecule has 1 aliphatic carbocycles. The fraction of sp³-hybridized carbons (Fsp3) is 0.440. The van der Waals surface area contributed by atoms with Crippen LogP contribution in [0.4, 0.5) is 14.0 Å². The number of nitrogens with one attached hydrogen (secondary N) is 4. The van der Waals surface area contributed by atoms with Crippen molar-refractivity contribution in [3.8, 4) is 39.5 Å². The molecule has 7 heterocycles. The molecule has 4 aromatic heterocycles. The predicted molar refractivity (Wildman–Crippen MR) is 253 cm³/mol. The molecule has 4 aliphatic rings. The van der Waals surface area contributed by atoms with E-state index in [1.165, 1.54) is 38.0 Å². The first-order chi connectivity index (χ1) is 32.8. The summed E-state index contributed by atoms with van der Waals surface area (Å²) in [6, 6.07) is 11.6. The zero-order chi connectivity index (χ0) is 47.5. The van der Waals surface area contributed by atoms with Crippen LogP contribution in [0.5, 0.6) is 5.75 Å². The Hall–Kier alpha value is -6.69. The third-order valence-electron chi connectivity index (χ3n) is 13.8. The number of nitrogens with zero attached hydrogens (tertiary/aromatic N) is 5. The molecule has 1 saturated carbocycles. The van der Waals surface area contributed by atoms with Gasteiger partial charge in [-0.25, -0.2) is 23.9 Å². The molecular weight excluding hydrogens is 890 g/mol. The Kier molecular flexibility index (Phi) is 12.0. The van der Waals surface area contributed by atoms with E-state index in [0.29, 0.717) is 65.3 Å². The largest absolute Gasteiger partial charge is 0.465 e. The van der Waals surface area contributed by atoms with Crippen LogP contribution >= 0.6 is 11.3 Å². The highest BCUT2D eigenvalue weighted by Gasteiger charge is 2.40. The van der Waals surface area contributed by atoms with E-state index in [0.717, 1.165) is 47.0 Å². The van der Waals surface area contributed by atoms with Crippen molar-refractivity contribution in [3.05, 3.63) is 88.1 Å². The Labute approximate surface area is 396 Å². The number of alkyl carbamates (subject to hydrolysis) is 2. The Bertz CT molecular complexity index is 2910. The third kappa shape index (κ3) is 8.25. The van der Waals surface area contributed by atoms with Gasteiger partial charge in [0.15, 0.2) is 0 Å². The first kappa shape index (κ1) is 45.1. The van der Waals surface area contributed by atoms with Crippen molar-refractivity contribution in [3.63, 3.8) is 0 Å². The van der Waals surface area contributed by atoms with Gasteiger partial charge in [-0.2, -0.15) is 0 Å². The van der Waals surface area contributed by atoms with E-state index in [1.54, 1.807) is 33.5 Å². The first-order valence-corrected chi connectivity index (χ1v) is 24.3. The molecule has 16 nitrogen and oxygen atoms in total. The summed E-state index contributed by atoms with van der Waals surface area (Å²) in [5.74, 6) is 1.03. The zero-order valence-electron chi connectivity index (χ0n) is 38.9. The number of aromatic amines is 2. The van der Waals surface area contributed by atoms with Crippen LogP contribution < -0.4 is 15.4 Å². The molecule has 4 N–H and O–H groups in total. The van der Waals surface area contributed by atoms with E-state index in [-0.39, 0.29) is 35.7 Å². The number of H-pyrrole nitrogens is 2. The lowest BCUT2D eigenvalue weighted by atomic mass is 10.0. The highest BCUT2D eigenvalue weighted by Crippen LogP contribution is 2.50. The predicted octanol–water partition coefficient (Wildman–Crippen LogP) is 9.19. The quantitative estimate of drug-likeness (QED) is 0.0927. The highest BCUT2D eigenvalue weighted by atomic mass is 32.1. The molecule has 18 heteroatoms. The fourth-order valence-electron chi connectivity index (χ4n) is 10.1. The van der Waals surface area contributed by atoms with Gasteiger partial charge in [-0.05, 0) is 98.1 Å². The number of halogens is 1. The number of amides is 4. The molecular formula is C50H56FN9O7S. The molecule has 10 rings (SSSR count). The van der Waals surface area contributed by atoms with Crippen LogP contribution in [0.2, 0.25) is 0 Å². The van der Waals surface area contributed by atoms with Crippen LogP contribution in [0.1, 0.15) is 113 Å². The molecule has 2 saturated heterocycles. The topological polar surface area (TPSA) is 189 Å². The average molecular weight is 946 g/mol. The van der Waals surface area contributed by atoms with Crippen LogP contribution in [0.3, 0.4) is 0 Å². The third-order valence-corrected chi connectivity index (χ3v) is 14.9. The highest BCUT2D eigenvalue weighted by molar-refractivity contribution is 7.10. The summed E-state index contributed by atoms with van der Waals surface area (Å²) in [7, 11) is 2.55. The van der Waals surface area contributed by atoms with Crippen LogP contribution in [-0.4, -0.2) is 97.7 Å². The van der Waals surface area contributed by atoms with Gasteiger partial charge in [0, 0.05) is 40.0 Å². The summed E-state index contributed by atoms with van der Waals surface area (Å²) in [5.41, 5.74) is 5.68. The van der Waals surface area contributed by atoms with E-state index >= 15 is 4.39 Å². The zero-order valence-corrected chi connectivity index (χ0v) is 39.7. The van der Waals surface area contributed by atoms with Crippen molar-refractivity contribution >= 4 is 46.2 Å². The molecule has 356 valence electrons. The number of fused-ring (bicyclic) bond motifs is 5. The molecule has 0 spiro atoms. The number of ether oxygens (including phenoxy) is 3. The summed E-state index contributed by atoms with van der Waals surface area (Å²) in [4.78, 5) is 73.1. The standard InChI is InChI=1S/C50H56FN9O7S/c1-25(2)42(56-49(63)65-5)46(61)58-15-7-9-36(58)44-52-22-33(54-44)28-13-14-35-30(17-28)19-38-41-32(51)18-29(20-39(41)67-48(60(35)38)31-21-40(68-24-31)27-11-12-27)34-23-53-45(55-34)37-10-8-16-59(37)47(62)43(26(3)4)57-50(64)66-6/h13-14,17-27,36-37,42-43,48H,7-12,15-16H2,1-6H3,(H,52,54)(H,53,55)(H,56,63)(H,57,64)/t36-,37-,42-,43-,48?/m0/s1. The van der Waals surface area contributed by atoms with Gasteiger partial charge >= 0.3 is 12.2 Å². The Balaban J connectivity index is 0.963. The Morgan fingerprint density at radius 1 is 0.779 bits per heavy atom. The van der Waals surface area contributed by atoms with Crippen LogP contribution in [-0.2, 0) is 19.1 Å². The SMILES string of the molecule is COC(=O)N[C@H](C(=O)N1CCC[C@H]1c1ncc(-c2cc(F)c3c(c2)OC(c2csc(C4CC4)c2)n2c-3cc3cc(-c4cnc([C@@H]5CCCN5C(=O)[C@@H](NC(=O)OC)C(C)C)[nH]4)ccc32)[nH]1)C(C)C. The van der Waals surface area contributed by atoms with E-state index in [4.69, 9.17) is 24.2 Å². The van der Waals surface area contributed by atoms with Crippen molar-refractivity contribution in [1.82, 2.24) is 44.9 Å². The molecule has 5 atom stereocenters. The van der Waals surface area contributed by atoms with Crippen LogP contribution in [0, 0.1) is 17.7 Å². The molecule has 3 aliphatic heterocycles. The Morgan fingerprint density at radius 3 is 1.93 bits per heavy atom. The smallest absolute Gasteiger partial charge is 0.407 e. The van der Waals surface area contributed by atoms with E-state index < -0.39 is 36.3 Å². The second-order valence-corrected chi connectivity index (χ2v) is 19.9. The number of aromatic nitrogens is 5. The molecule has 0 radical (unpaired) electrons. The molecule has 2 aromatic carbocycles. The molecule has 0 bridgehead atoms. The Morgan fingerprint density at radius 2 is 1.37 bits per heavy atom. The van der Waals surface area contributed by atoms with Crippen molar-refractivity contribution in [1.29, 1.82) is 0 Å². The maximum Gasteiger partial charge on any atom is 0.407 e. The normalized spacial score (nSPS) is 19.8. The number of carbonyl (C=O) groups is 4. The second kappa shape index (κ2) is 18.1. The number of imidazole rings is 2. The first-order valence-electron chi connectivity index (χ1n) is 23.5. The van der Waals surface area contributed by atoms with Gasteiger partial charge in [0.25, 0.3) is 0 Å². The lowest BCUT2D eigenvalue weighted by Crippen LogP contribution is -2.51. The van der Waals surface area contributed by atoms with Crippen LogP contribution in [0.15, 0.2) is 60.2 Å². The monoisotopic (exact) mass is 945 g/mol. The minimum absolute atomic E-state index is 0.149. The summed E-state index contributed by atoms with van der Waals surface area (Å²) in [6.07, 6.45) is 6.86. The van der Waals surface area contributed by atoms with Gasteiger partial charge in [0.1, 0.15) is 35.3 Å². The van der Waals surface area contributed by atoms with Crippen molar-refractivity contribution in [2.75, 3.05) is 27.3 Å². The summed E-state index contributed by atoms with van der Waals surface area (Å²) in [5, 5.41) is 8.43. The summed E-state index contributed by atoms with van der Waals surface area (Å²) >= 11 is 1.73. The van der Waals surface area contributed by atoms with E-state index in [9.17, 15) is 19.2 Å². The number of benzene rings is 2. The van der Waals surface area contributed by atoms with Crippen molar-refractivity contribution in [2.45, 2.75) is 103 Å². The minimum Gasteiger partial charge on any atom is -0.465 e. The molecule has 6 aromatic rings. The summed E-state index contributed by atoms with van der Waals surface area (Å²) in [6.45, 7) is 8.58. The summed E-state index contributed by atoms with van der Waals surface area (Å²) < 4.78 is 35.5. The number of likely N-dealkylation sites (tertiary alicyclic amines) is 2. The van der Waals surface area contributed by atoms with Gasteiger partial charge in [0.05, 0.1) is 66.9 Å². The van der Waals surface area contributed by atoms with E-state index in [1.807, 2.05) is 52.0 Å². The number of rotatable bonds is 12. The fourth-order valence-corrected chi connectivity index (χ4v) is 11.2. The molecule has 3 fully saturated rings. The lowest BCUT2D eigenvalue weighted by Gasteiger charge is -2.30. The minimum atomic E-state index is -0.768. The molecule has 4 amide bonds. The maximum absolute atomic E-state index is 16.9. The van der Waals surface area contributed by atoms with Gasteiger partial charge in [-0.15, -0.1) is 11.3 Å². The van der Waals surface area contributed by atoms with Crippen molar-refractivity contribution < 1.29 is 37.8 Å². The molecule has 68 heavy (non-hydrogen) atoms. The average Bonchev–Trinajstić information content (AvgIpc) is 4.05. The number of methoxy groups -OCH3 is 2. The van der Waals surface area contributed by atoms with Gasteiger partial charge in [-0.1, -0.05) is 33.8 Å². The number of hydrogen-bond acceptors (Lipinski definition) is 10.